The second-order valence-corrected chi connectivity index (χ2v) is 7.89. The van der Waals surface area contributed by atoms with E-state index < -0.39 is 6.04 Å². The van der Waals surface area contributed by atoms with Gasteiger partial charge in [0.15, 0.2) is 11.5 Å². The molecule has 0 heterocycles. The van der Waals surface area contributed by atoms with Crippen LogP contribution in [0.3, 0.4) is 0 Å². The molecule has 7 heteroatoms. The van der Waals surface area contributed by atoms with Gasteiger partial charge in [-0.15, -0.1) is 0 Å². The van der Waals surface area contributed by atoms with E-state index in [1.165, 1.54) is 24.1 Å². The van der Waals surface area contributed by atoms with E-state index in [0.717, 1.165) is 16.7 Å². The van der Waals surface area contributed by atoms with Gasteiger partial charge in [0.1, 0.15) is 11.9 Å². The van der Waals surface area contributed by atoms with E-state index in [1.807, 2.05) is 30.3 Å². The first-order chi connectivity index (χ1) is 16.4. The van der Waals surface area contributed by atoms with Crippen molar-refractivity contribution in [2.24, 2.45) is 0 Å². The standard InChI is InChI=1S/C27H29FN2O4/c1-19(27(32)29-17-20-7-5-4-6-8-20)30(18-21-9-12-23(28)13-10-21)26(31)16-22-11-14-24(33-2)25(15-22)34-3/h4-15,19H,16-18H2,1-3H3,(H,29,32). The Morgan fingerprint density at radius 3 is 2.18 bits per heavy atom. The fraction of sp³-hybridized carbons (Fsp3) is 0.259. The molecule has 0 aromatic heterocycles. The lowest BCUT2D eigenvalue weighted by Gasteiger charge is -2.29. The summed E-state index contributed by atoms with van der Waals surface area (Å²) in [6.07, 6.45) is 0.0673. The Morgan fingerprint density at radius 1 is 0.882 bits per heavy atom. The topological polar surface area (TPSA) is 67.9 Å². The van der Waals surface area contributed by atoms with Gasteiger partial charge in [0.05, 0.1) is 20.6 Å². The maximum absolute atomic E-state index is 13.4. The fourth-order valence-corrected chi connectivity index (χ4v) is 3.57. The van der Waals surface area contributed by atoms with Gasteiger partial charge in [-0.25, -0.2) is 4.39 Å². The molecule has 0 bridgehead atoms. The van der Waals surface area contributed by atoms with Crippen LogP contribution in [0.2, 0.25) is 0 Å². The summed E-state index contributed by atoms with van der Waals surface area (Å²) >= 11 is 0. The Bertz CT molecular complexity index is 1100. The number of hydrogen-bond acceptors (Lipinski definition) is 4. The van der Waals surface area contributed by atoms with Crippen LogP contribution in [-0.2, 0) is 29.1 Å². The van der Waals surface area contributed by atoms with Crippen LogP contribution in [0.15, 0.2) is 72.8 Å². The van der Waals surface area contributed by atoms with Crippen LogP contribution in [0.4, 0.5) is 4.39 Å². The zero-order valence-electron chi connectivity index (χ0n) is 19.6. The van der Waals surface area contributed by atoms with Crippen molar-refractivity contribution in [3.05, 3.63) is 95.3 Å². The van der Waals surface area contributed by atoms with Crippen molar-refractivity contribution < 1.29 is 23.5 Å². The van der Waals surface area contributed by atoms with E-state index >= 15 is 0 Å². The molecular formula is C27H29FN2O4. The van der Waals surface area contributed by atoms with Crippen molar-refractivity contribution >= 4 is 11.8 Å². The first kappa shape index (κ1) is 24.8. The van der Waals surface area contributed by atoms with E-state index in [4.69, 9.17) is 9.47 Å². The van der Waals surface area contributed by atoms with E-state index in [0.29, 0.717) is 18.0 Å². The maximum Gasteiger partial charge on any atom is 0.242 e. The maximum atomic E-state index is 13.4. The van der Waals surface area contributed by atoms with Crippen LogP contribution < -0.4 is 14.8 Å². The Kier molecular flexibility index (Phi) is 8.62. The smallest absolute Gasteiger partial charge is 0.242 e. The van der Waals surface area contributed by atoms with Crippen molar-refractivity contribution in [1.82, 2.24) is 10.2 Å². The van der Waals surface area contributed by atoms with Gasteiger partial charge in [-0.1, -0.05) is 48.5 Å². The summed E-state index contributed by atoms with van der Waals surface area (Å²) in [4.78, 5) is 27.8. The van der Waals surface area contributed by atoms with Crippen LogP contribution >= 0.6 is 0 Å². The monoisotopic (exact) mass is 464 g/mol. The predicted octanol–water partition coefficient (Wildman–Crippen LogP) is 4.12. The zero-order chi connectivity index (χ0) is 24.5. The molecule has 0 aliphatic carbocycles. The lowest BCUT2D eigenvalue weighted by molar-refractivity contribution is -0.140. The van der Waals surface area contributed by atoms with Gasteiger partial charge >= 0.3 is 0 Å². The number of carbonyl (C=O) groups excluding carboxylic acids is 2. The molecule has 3 aromatic carbocycles. The van der Waals surface area contributed by atoms with Gasteiger partial charge in [0, 0.05) is 13.1 Å². The molecule has 0 fully saturated rings. The highest BCUT2D eigenvalue weighted by molar-refractivity contribution is 5.88. The summed E-state index contributed by atoms with van der Waals surface area (Å²) in [5.74, 6) is 0.216. The molecule has 3 rings (SSSR count). The molecule has 34 heavy (non-hydrogen) atoms. The van der Waals surface area contributed by atoms with E-state index in [1.54, 1.807) is 44.4 Å². The molecule has 3 aromatic rings. The van der Waals surface area contributed by atoms with Gasteiger partial charge in [-0.05, 0) is 47.9 Å². The van der Waals surface area contributed by atoms with Crippen LogP contribution in [0.1, 0.15) is 23.6 Å². The largest absolute Gasteiger partial charge is 0.493 e. The predicted molar refractivity (Wildman–Crippen MR) is 128 cm³/mol. The molecule has 0 spiro atoms. The minimum absolute atomic E-state index is 0.0673. The Balaban J connectivity index is 1.78. The lowest BCUT2D eigenvalue weighted by atomic mass is 10.1. The molecule has 0 saturated heterocycles. The highest BCUT2D eigenvalue weighted by Crippen LogP contribution is 2.28. The quantitative estimate of drug-likeness (QED) is 0.490. The Labute approximate surface area is 199 Å². The number of carbonyl (C=O) groups is 2. The van der Waals surface area contributed by atoms with Crippen molar-refractivity contribution in [3.8, 4) is 11.5 Å². The average Bonchev–Trinajstić information content (AvgIpc) is 2.86. The molecule has 1 N–H and O–H groups in total. The number of nitrogens with one attached hydrogen (secondary N) is 1. The fourth-order valence-electron chi connectivity index (χ4n) is 3.57. The first-order valence-electron chi connectivity index (χ1n) is 11.0. The summed E-state index contributed by atoms with van der Waals surface area (Å²) < 4.78 is 24.0. The minimum atomic E-state index is -0.735. The number of halogens is 1. The summed E-state index contributed by atoms with van der Waals surface area (Å²) in [6, 6.07) is 20.0. The van der Waals surface area contributed by atoms with Crippen LogP contribution in [0.5, 0.6) is 11.5 Å². The number of hydrogen-bond donors (Lipinski definition) is 1. The van der Waals surface area contributed by atoms with Gasteiger partial charge in [0.2, 0.25) is 11.8 Å². The lowest BCUT2D eigenvalue weighted by Crippen LogP contribution is -2.48. The van der Waals surface area contributed by atoms with Crippen molar-refractivity contribution in [1.29, 1.82) is 0 Å². The van der Waals surface area contributed by atoms with Crippen LogP contribution in [0, 0.1) is 5.82 Å². The second-order valence-electron chi connectivity index (χ2n) is 7.89. The van der Waals surface area contributed by atoms with Gasteiger partial charge in [-0.2, -0.15) is 0 Å². The van der Waals surface area contributed by atoms with Crippen molar-refractivity contribution in [2.45, 2.75) is 32.5 Å². The van der Waals surface area contributed by atoms with Gasteiger partial charge in [0.25, 0.3) is 0 Å². The normalized spacial score (nSPS) is 11.4. The van der Waals surface area contributed by atoms with Crippen molar-refractivity contribution in [2.75, 3.05) is 14.2 Å². The average molecular weight is 465 g/mol. The highest BCUT2D eigenvalue weighted by Gasteiger charge is 2.26. The number of nitrogens with zero attached hydrogens (tertiary/aromatic N) is 1. The highest BCUT2D eigenvalue weighted by atomic mass is 19.1. The number of rotatable bonds is 10. The number of methoxy groups -OCH3 is 2. The number of benzene rings is 3. The Morgan fingerprint density at radius 2 is 1.53 bits per heavy atom. The molecule has 0 radical (unpaired) electrons. The Hall–Kier alpha value is -3.87. The number of amides is 2. The molecule has 0 aliphatic rings. The summed E-state index contributed by atoms with van der Waals surface area (Å²) in [7, 11) is 3.08. The third kappa shape index (κ3) is 6.57. The van der Waals surface area contributed by atoms with E-state index in [2.05, 4.69) is 5.32 Å². The van der Waals surface area contributed by atoms with Gasteiger partial charge < -0.3 is 19.7 Å². The molecule has 0 saturated carbocycles. The van der Waals surface area contributed by atoms with Crippen LogP contribution in [0.25, 0.3) is 0 Å². The summed E-state index contributed by atoms with van der Waals surface area (Å²) in [6.45, 7) is 2.22. The van der Waals surface area contributed by atoms with Crippen LogP contribution in [-0.4, -0.2) is 37.0 Å². The molecular weight excluding hydrogens is 435 g/mol. The second kappa shape index (κ2) is 11.8. The minimum Gasteiger partial charge on any atom is -0.493 e. The van der Waals surface area contributed by atoms with E-state index in [9.17, 15) is 14.0 Å². The molecule has 0 aliphatic heterocycles. The third-order valence-corrected chi connectivity index (χ3v) is 5.55. The molecule has 6 nitrogen and oxygen atoms in total. The van der Waals surface area contributed by atoms with E-state index in [-0.39, 0.29) is 30.6 Å². The SMILES string of the molecule is COc1ccc(CC(=O)N(Cc2ccc(F)cc2)C(C)C(=O)NCc2ccccc2)cc1OC. The molecule has 1 atom stereocenters. The molecule has 1 unspecified atom stereocenters. The summed E-state index contributed by atoms with van der Waals surface area (Å²) in [5.41, 5.74) is 2.42. The molecule has 2 amide bonds. The first-order valence-corrected chi connectivity index (χ1v) is 11.0. The van der Waals surface area contributed by atoms with Crippen molar-refractivity contribution in [3.63, 3.8) is 0 Å². The zero-order valence-corrected chi connectivity index (χ0v) is 19.6. The number of ether oxygens (including phenoxy) is 2. The molecule has 178 valence electrons. The van der Waals surface area contributed by atoms with Gasteiger partial charge in [-0.3, -0.25) is 9.59 Å². The summed E-state index contributed by atoms with van der Waals surface area (Å²) in [5, 5.41) is 2.90. The third-order valence-electron chi connectivity index (χ3n) is 5.55.